The summed E-state index contributed by atoms with van der Waals surface area (Å²) in [5.74, 6) is -0.269. The van der Waals surface area contributed by atoms with Gasteiger partial charge in [0.05, 0.1) is 4.90 Å². The number of aryl methyl sites for hydroxylation is 1. The predicted octanol–water partition coefficient (Wildman–Crippen LogP) is 1.98. The fourth-order valence-electron chi connectivity index (χ4n) is 1.42. The quantitative estimate of drug-likeness (QED) is 0.873. The lowest BCUT2D eigenvalue weighted by Gasteiger charge is -2.11. The number of anilines is 1. The molecule has 0 radical (unpaired) electrons. The first-order valence-corrected chi connectivity index (χ1v) is 7.29. The Morgan fingerprint density at radius 1 is 1.42 bits per heavy atom. The van der Waals surface area contributed by atoms with Gasteiger partial charge in [-0.15, -0.1) is 0 Å². The first-order chi connectivity index (χ1) is 8.72. The third-order valence-electron chi connectivity index (χ3n) is 2.25. The van der Waals surface area contributed by atoms with Gasteiger partial charge in [-0.2, -0.15) is 0 Å². The molecule has 0 aliphatic carbocycles. The number of carbonyl (C=O) groups is 1. The van der Waals surface area contributed by atoms with Gasteiger partial charge in [0, 0.05) is 24.2 Å². The van der Waals surface area contributed by atoms with Gasteiger partial charge in [0.25, 0.3) is 0 Å². The van der Waals surface area contributed by atoms with Crippen LogP contribution in [0.2, 0.25) is 0 Å². The van der Waals surface area contributed by atoms with E-state index in [0.29, 0.717) is 11.3 Å². The monoisotopic (exact) mass is 302 g/mol. The number of hydrogen-bond acceptors (Lipinski definition) is 3. The van der Waals surface area contributed by atoms with Crippen molar-refractivity contribution >= 4 is 33.2 Å². The van der Waals surface area contributed by atoms with Crippen LogP contribution in [0.15, 0.2) is 34.7 Å². The number of sulfonamides is 1. The average molecular weight is 303 g/mol. The van der Waals surface area contributed by atoms with Crippen molar-refractivity contribution in [2.24, 2.45) is 0 Å². The molecule has 0 aromatic heterocycles. The molecule has 2 N–H and O–H groups in total. The minimum Gasteiger partial charge on any atom is -0.326 e. The van der Waals surface area contributed by atoms with Gasteiger partial charge in [-0.05, 0) is 24.6 Å². The summed E-state index contributed by atoms with van der Waals surface area (Å²) in [6, 6.07) is 4.65. The van der Waals surface area contributed by atoms with Crippen molar-refractivity contribution in [2.75, 3.05) is 11.9 Å². The van der Waals surface area contributed by atoms with Crippen molar-refractivity contribution in [1.29, 1.82) is 0 Å². The van der Waals surface area contributed by atoms with E-state index in [4.69, 9.17) is 11.6 Å². The van der Waals surface area contributed by atoms with E-state index in [1.807, 2.05) is 0 Å². The van der Waals surface area contributed by atoms with Crippen molar-refractivity contribution in [3.63, 3.8) is 0 Å². The van der Waals surface area contributed by atoms with Crippen LogP contribution in [0.1, 0.15) is 12.5 Å². The van der Waals surface area contributed by atoms with Gasteiger partial charge in [0.2, 0.25) is 15.9 Å². The fraction of sp³-hybridized carbons (Fsp3) is 0.250. The highest BCUT2D eigenvalue weighted by atomic mass is 35.5. The van der Waals surface area contributed by atoms with E-state index in [0.717, 1.165) is 0 Å². The maximum absolute atomic E-state index is 12.1. The van der Waals surface area contributed by atoms with Crippen LogP contribution in [0, 0.1) is 6.92 Å². The topological polar surface area (TPSA) is 75.3 Å². The molecule has 0 fully saturated rings. The number of halogens is 1. The molecule has 1 amide bonds. The lowest BCUT2D eigenvalue weighted by Crippen LogP contribution is -2.25. The first kappa shape index (κ1) is 15.7. The largest absolute Gasteiger partial charge is 0.326 e. The van der Waals surface area contributed by atoms with Gasteiger partial charge in [-0.1, -0.05) is 24.2 Å². The second-order valence-electron chi connectivity index (χ2n) is 4.00. The molecule has 1 rings (SSSR count). The average Bonchev–Trinajstić information content (AvgIpc) is 2.28. The van der Waals surface area contributed by atoms with Crippen LogP contribution in [0.25, 0.3) is 0 Å². The summed E-state index contributed by atoms with van der Waals surface area (Å²) in [4.78, 5) is 11.1. The second kappa shape index (κ2) is 6.18. The maximum Gasteiger partial charge on any atom is 0.241 e. The number of rotatable bonds is 5. The summed E-state index contributed by atoms with van der Waals surface area (Å²) >= 11 is 5.53. The van der Waals surface area contributed by atoms with Gasteiger partial charge >= 0.3 is 0 Å². The van der Waals surface area contributed by atoms with Crippen molar-refractivity contribution < 1.29 is 13.2 Å². The fourth-order valence-corrected chi connectivity index (χ4v) is 2.86. The molecule has 0 spiro atoms. The molecule has 0 aliphatic rings. The zero-order chi connectivity index (χ0) is 14.6. The maximum atomic E-state index is 12.1. The summed E-state index contributed by atoms with van der Waals surface area (Å²) in [5, 5.41) is 2.73. The molecule has 5 nitrogen and oxygen atoms in total. The summed E-state index contributed by atoms with van der Waals surface area (Å²) in [5.41, 5.74) is 0.991. The molecule has 1 aromatic rings. The minimum absolute atomic E-state index is 0.0479. The van der Waals surface area contributed by atoms with Gasteiger partial charge in [-0.25, -0.2) is 13.1 Å². The normalized spacial score (nSPS) is 11.1. The Morgan fingerprint density at radius 2 is 2.05 bits per heavy atom. The lowest BCUT2D eigenvalue weighted by atomic mass is 10.2. The molecule has 7 heteroatoms. The van der Waals surface area contributed by atoms with Gasteiger partial charge < -0.3 is 5.32 Å². The molecule has 0 bridgehead atoms. The second-order valence-corrected chi connectivity index (χ2v) is 6.27. The standard InChI is InChI=1S/C12H15ClN2O3S/c1-8-4-5-11(15-10(3)16)6-12(8)19(17,18)14-7-9(2)13/h4-6,14H,2,7H2,1,3H3,(H,15,16). The smallest absolute Gasteiger partial charge is 0.241 e. The summed E-state index contributed by atoms with van der Waals surface area (Å²) in [7, 11) is -3.69. The molecule has 1 aromatic carbocycles. The Labute approximate surface area is 117 Å². The van der Waals surface area contributed by atoms with E-state index in [2.05, 4.69) is 16.6 Å². The minimum atomic E-state index is -3.69. The highest BCUT2D eigenvalue weighted by molar-refractivity contribution is 7.89. The molecule has 19 heavy (non-hydrogen) atoms. The molecule has 0 unspecified atom stereocenters. The number of nitrogens with one attached hydrogen (secondary N) is 2. The van der Waals surface area contributed by atoms with Crippen LogP contribution in [0.3, 0.4) is 0 Å². The molecule has 0 atom stereocenters. The molecule has 0 heterocycles. The van der Waals surface area contributed by atoms with Crippen LogP contribution < -0.4 is 10.0 Å². The van der Waals surface area contributed by atoms with E-state index in [1.165, 1.54) is 13.0 Å². The van der Waals surface area contributed by atoms with E-state index < -0.39 is 10.0 Å². The third kappa shape index (κ3) is 4.66. The number of amides is 1. The van der Waals surface area contributed by atoms with Crippen LogP contribution >= 0.6 is 11.6 Å². The Morgan fingerprint density at radius 3 is 2.58 bits per heavy atom. The van der Waals surface area contributed by atoms with E-state index in [-0.39, 0.29) is 22.4 Å². The Kier molecular flexibility index (Phi) is 5.11. The zero-order valence-corrected chi connectivity index (χ0v) is 12.2. The molecular formula is C12H15ClN2O3S. The van der Waals surface area contributed by atoms with Crippen LogP contribution in [0.5, 0.6) is 0 Å². The summed E-state index contributed by atoms with van der Waals surface area (Å²) in [6.45, 7) is 6.38. The summed E-state index contributed by atoms with van der Waals surface area (Å²) < 4.78 is 26.5. The van der Waals surface area contributed by atoms with Gasteiger partial charge in [-0.3, -0.25) is 4.79 Å². The number of benzene rings is 1. The van der Waals surface area contributed by atoms with Gasteiger partial charge in [0.1, 0.15) is 0 Å². The molecule has 104 valence electrons. The predicted molar refractivity (Wildman–Crippen MR) is 75.7 cm³/mol. The molecular weight excluding hydrogens is 288 g/mol. The Hall–Kier alpha value is -1.37. The van der Waals surface area contributed by atoms with Crippen LogP contribution in [-0.4, -0.2) is 20.9 Å². The van der Waals surface area contributed by atoms with Crippen molar-refractivity contribution in [2.45, 2.75) is 18.7 Å². The Bertz CT molecular complexity index is 611. The number of carbonyl (C=O) groups excluding carboxylic acids is 1. The van der Waals surface area contributed by atoms with Crippen LogP contribution in [-0.2, 0) is 14.8 Å². The highest BCUT2D eigenvalue weighted by Crippen LogP contribution is 2.20. The van der Waals surface area contributed by atoms with Crippen molar-refractivity contribution in [1.82, 2.24) is 4.72 Å². The Balaban J connectivity index is 3.10. The number of hydrogen-bond donors (Lipinski definition) is 2. The van der Waals surface area contributed by atoms with Crippen molar-refractivity contribution in [3.05, 3.63) is 35.4 Å². The molecule has 0 aliphatic heterocycles. The van der Waals surface area contributed by atoms with E-state index in [1.54, 1.807) is 19.1 Å². The van der Waals surface area contributed by atoms with Crippen LogP contribution in [0.4, 0.5) is 5.69 Å². The summed E-state index contributed by atoms with van der Waals surface area (Å²) in [6.07, 6.45) is 0. The highest BCUT2D eigenvalue weighted by Gasteiger charge is 2.17. The molecule has 0 saturated heterocycles. The molecule has 0 saturated carbocycles. The van der Waals surface area contributed by atoms with Gasteiger partial charge in [0.15, 0.2) is 0 Å². The van der Waals surface area contributed by atoms with E-state index in [9.17, 15) is 13.2 Å². The van der Waals surface area contributed by atoms with E-state index >= 15 is 0 Å². The third-order valence-corrected chi connectivity index (χ3v) is 3.93. The zero-order valence-electron chi connectivity index (χ0n) is 10.7. The van der Waals surface area contributed by atoms with Crippen molar-refractivity contribution in [3.8, 4) is 0 Å². The SMILES string of the molecule is C=C(Cl)CNS(=O)(=O)c1cc(NC(C)=O)ccc1C. The first-order valence-electron chi connectivity index (χ1n) is 5.43. The lowest BCUT2D eigenvalue weighted by molar-refractivity contribution is -0.114.